The molecular formula is C19H19N5O. The van der Waals surface area contributed by atoms with Crippen molar-refractivity contribution in [1.29, 1.82) is 0 Å². The molecule has 0 saturated carbocycles. The number of hydrogen-bond acceptors (Lipinski definition) is 5. The van der Waals surface area contributed by atoms with E-state index in [-0.39, 0.29) is 5.91 Å². The number of aryl methyl sites for hydroxylation is 2. The van der Waals surface area contributed by atoms with Crippen molar-refractivity contribution in [2.45, 2.75) is 20.4 Å². The summed E-state index contributed by atoms with van der Waals surface area (Å²) in [4.78, 5) is 24.7. The molecule has 0 atom stereocenters. The highest BCUT2D eigenvalue weighted by atomic mass is 16.1. The van der Waals surface area contributed by atoms with Crippen molar-refractivity contribution in [3.63, 3.8) is 0 Å². The largest absolute Gasteiger partial charge is 0.366 e. The minimum Gasteiger partial charge on any atom is -0.366 e. The van der Waals surface area contributed by atoms with Crippen molar-refractivity contribution >= 4 is 17.4 Å². The first-order chi connectivity index (χ1) is 12.1. The van der Waals surface area contributed by atoms with Gasteiger partial charge in [-0.05, 0) is 43.7 Å². The van der Waals surface area contributed by atoms with Crippen molar-refractivity contribution in [1.82, 2.24) is 15.0 Å². The van der Waals surface area contributed by atoms with Crippen LogP contribution in [-0.2, 0) is 6.54 Å². The van der Waals surface area contributed by atoms with Gasteiger partial charge in [0.15, 0.2) is 0 Å². The van der Waals surface area contributed by atoms with Crippen LogP contribution in [0.2, 0.25) is 0 Å². The number of carbonyl (C=O) groups excluding carboxylic acids is 1. The highest BCUT2D eigenvalue weighted by Crippen LogP contribution is 2.11. The van der Waals surface area contributed by atoms with Crippen LogP contribution in [0.4, 0.5) is 11.5 Å². The molecule has 0 spiro atoms. The molecule has 3 aromatic rings. The zero-order chi connectivity index (χ0) is 17.6. The van der Waals surface area contributed by atoms with Gasteiger partial charge in [-0.15, -0.1) is 0 Å². The molecule has 126 valence electrons. The van der Waals surface area contributed by atoms with Crippen LogP contribution in [0.15, 0.2) is 54.9 Å². The molecular weight excluding hydrogens is 314 g/mol. The normalized spacial score (nSPS) is 10.3. The molecule has 0 saturated heterocycles. The fourth-order valence-electron chi connectivity index (χ4n) is 2.41. The monoisotopic (exact) mass is 333 g/mol. The standard InChI is InChI=1S/C19H19N5O/c1-13-11-18(23-14(2)22-13)21-12-15-3-5-16(6-4-15)19(25)24-17-7-9-20-10-8-17/h3-11H,12H2,1-2H3,(H,20,24,25)(H,21,22,23). The number of rotatable bonds is 5. The molecule has 0 radical (unpaired) electrons. The number of benzene rings is 1. The van der Waals surface area contributed by atoms with Gasteiger partial charge < -0.3 is 10.6 Å². The maximum atomic E-state index is 12.2. The summed E-state index contributed by atoms with van der Waals surface area (Å²) in [6, 6.07) is 12.9. The third kappa shape index (κ3) is 4.60. The van der Waals surface area contributed by atoms with Crippen LogP contribution in [0.3, 0.4) is 0 Å². The number of amides is 1. The Labute approximate surface area is 146 Å². The molecule has 2 aromatic heterocycles. The topological polar surface area (TPSA) is 79.8 Å². The Balaban J connectivity index is 1.61. The Morgan fingerprint density at radius 3 is 2.40 bits per heavy atom. The fourth-order valence-corrected chi connectivity index (χ4v) is 2.41. The lowest BCUT2D eigenvalue weighted by atomic mass is 10.1. The lowest BCUT2D eigenvalue weighted by Crippen LogP contribution is -2.12. The SMILES string of the molecule is Cc1cc(NCc2ccc(C(=O)Nc3ccncc3)cc2)nc(C)n1. The van der Waals surface area contributed by atoms with Crippen LogP contribution < -0.4 is 10.6 Å². The quantitative estimate of drug-likeness (QED) is 0.748. The van der Waals surface area contributed by atoms with Gasteiger partial charge in [0.05, 0.1) is 0 Å². The molecule has 1 amide bonds. The fraction of sp³-hybridized carbons (Fsp3) is 0.158. The third-order valence-electron chi connectivity index (χ3n) is 3.59. The van der Waals surface area contributed by atoms with Gasteiger partial charge in [0.25, 0.3) is 5.91 Å². The van der Waals surface area contributed by atoms with Crippen molar-refractivity contribution in [3.8, 4) is 0 Å². The molecule has 6 heteroatoms. The second kappa shape index (κ2) is 7.53. The smallest absolute Gasteiger partial charge is 0.255 e. The molecule has 6 nitrogen and oxygen atoms in total. The van der Waals surface area contributed by atoms with Gasteiger partial charge >= 0.3 is 0 Å². The van der Waals surface area contributed by atoms with Crippen LogP contribution in [0.5, 0.6) is 0 Å². The molecule has 0 unspecified atom stereocenters. The Kier molecular flexibility index (Phi) is 4.99. The minimum atomic E-state index is -0.146. The van der Waals surface area contributed by atoms with E-state index in [9.17, 15) is 4.79 Å². The van der Waals surface area contributed by atoms with Gasteiger partial charge in [0.1, 0.15) is 11.6 Å². The number of aromatic nitrogens is 3. The van der Waals surface area contributed by atoms with Gasteiger partial charge in [-0.25, -0.2) is 9.97 Å². The second-order valence-electron chi connectivity index (χ2n) is 5.68. The van der Waals surface area contributed by atoms with E-state index in [1.165, 1.54) is 0 Å². The van der Waals surface area contributed by atoms with Crippen LogP contribution in [0, 0.1) is 13.8 Å². The minimum absolute atomic E-state index is 0.146. The van der Waals surface area contributed by atoms with E-state index < -0.39 is 0 Å². The van der Waals surface area contributed by atoms with Gasteiger partial charge in [0, 0.05) is 41.9 Å². The molecule has 1 aromatic carbocycles. The summed E-state index contributed by atoms with van der Waals surface area (Å²) < 4.78 is 0. The van der Waals surface area contributed by atoms with Crippen LogP contribution in [0.1, 0.15) is 27.4 Å². The number of hydrogen-bond donors (Lipinski definition) is 2. The maximum Gasteiger partial charge on any atom is 0.255 e. The van der Waals surface area contributed by atoms with Crippen molar-refractivity contribution < 1.29 is 4.79 Å². The number of nitrogens with zero attached hydrogens (tertiary/aromatic N) is 3. The van der Waals surface area contributed by atoms with Gasteiger partial charge in [0.2, 0.25) is 0 Å². The first kappa shape index (κ1) is 16.6. The van der Waals surface area contributed by atoms with Crippen molar-refractivity contribution in [2.75, 3.05) is 10.6 Å². The van der Waals surface area contributed by atoms with E-state index in [0.29, 0.717) is 12.1 Å². The van der Waals surface area contributed by atoms with E-state index in [1.54, 1.807) is 24.5 Å². The van der Waals surface area contributed by atoms with Gasteiger partial charge in [-0.3, -0.25) is 9.78 Å². The number of nitrogens with one attached hydrogen (secondary N) is 2. The summed E-state index contributed by atoms with van der Waals surface area (Å²) >= 11 is 0. The molecule has 0 aliphatic carbocycles. The highest BCUT2D eigenvalue weighted by molar-refractivity contribution is 6.04. The first-order valence-corrected chi connectivity index (χ1v) is 7.96. The lowest BCUT2D eigenvalue weighted by molar-refractivity contribution is 0.102. The lowest BCUT2D eigenvalue weighted by Gasteiger charge is -2.08. The summed E-state index contributed by atoms with van der Waals surface area (Å²) in [6.45, 7) is 4.44. The van der Waals surface area contributed by atoms with E-state index in [2.05, 4.69) is 25.6 Å². The number of anilines is 2. The molecule has 0 bridgehead atoms. The third-order valence-corrected chi connectivity index (χ3v) is 3.59. The Morgan fingerprint density at radius 1 is 1.00 bits per heavy atom. The Bertz CT molecular complexity index is 842. The summed E-state index contributed by atoms with van der Waals surface area (Å²) in [5.41, 5.74) is 3.32. The zero-order valence-corrected chi connectivity index (χ0v) is 14.2. The molecule has 0 aliphatic rings. The molecule has 25 heavy (non-hydrogen) atoms. The predicted octanol–water partition coefficient (Wildman–Crippen LogP) is 3.35. The summed E-state index contributed by atoms with van der Waals surface area (Å²) in [5, 5.41) is 6.11. The van der Waals surface area contributed by atoms with Crippen LogP contribution in [-0.4, -0.2) is 20.9 Å². The molecule has 3 rings (SSSR count). The maximum absolute atomic E-state index is 12.2. The van der Waals surface area contributed by atoms with Crippen LogP contribution >= 0.6 is 0 Å². The zero-order valence-electron chi connectivity index (χ0n) is 14.2. The average Bonchev–Trinajstić information content (AvgIpc) is 2.60. The second-order valence-corrected chi connectivity index (χ2v) is 5.68. The molecule has 0 fully saturated rings. The van der Waals surface area contributed by atoms with E-state index >= 15 is 0 Å². The first-order valence-electron chi connectivity index (χ1n) is 7.96. The highest BCUT2D eigenvalue weighted by Gasteiger charge is 2.06. The molecule has 0 aliphatic heterocycles. The summed E-state index contributed by atoms with van der Waals surface area (Å²) in [5.74, 6) is 1.39. The van der Waals surface area contributed by atoms with Crippen molar-refractivity contribution in [3.05, 3.63) is 77.5 Å². The average molecular weight is 333 g/mol. The number of pyridine rings is 1. The summed E-state index contributed by atoms with van der Waals surface area (Å²) in [7, 11) is 0. The summed E-state index contributed by atoms with van der Waals surface area (Å²) in [6.07, 6.45) is 3.28. The van der Waals surface area contributed by atoms with E-state index in [4.69, 9.17) is 0 Å². The Hall–Kier alpha value is -3.28. The van der Waals surface area contributed by atoms with Crippen molar-refractivity contribution in [2.24, 2.45) is 0 Å². The van der Waals surface area contributed by atoms with Gasteiger partial charge in [-0.2, -0.15) is 0 Å². The van der Waals surface area contributed by atoms with E-state index in [1.807, 2.05) is 44.2 Å². The molecule has 2 heterocycles. The molecule has 2 N–H and O–H groups in total. The Morgan fingerprint density at radius 2 is 1.72 bits per heavy atom. The van der Waals surface area contributed by atoms with E-state index in [0.717, 1.165) is 28.6 Å². The van der Waals surface area contributed by atoms with Crippen LogP contribution in [0.25, 0.3) is 0 Å². The van der Waals surface area contributed by atoms with Gasteiger partial charge in [-0.1, -0.05) is 12.1 Å². The number of carbonyl (C=O) groups is 1. The predicted molar refractivity (Wildman–Crippen MR) is 97.5 cm³/mol.